The van der Waals surface area contributed by atoms with Gasteiger partial charge in [0.2, 0.25) is 10.0 Å². The fraction of sp³-hybridized carbons (Fsp3) is 0.400. The minimum atomic E-state index is -3.78. The molecule has 0 saturated carbocycles. The summed E-state index contributed by atoms with van der Waals surface area (Å²) < 4.78 is 36.0. The third-order valence-corrected chi connectivity index (χ3v) is 3.69. The highest BCUT2D eigenvalue weighted by Crippen LogP contribution is 2.33. The first-order valence-corrected chi connectivity index (χ1v) is 6.56. The molecule has 7 nitrogen and oxygen atoms in total. The second-order valence-corrected chi connectivity index (χ2v) is 5.10. The van der Waals surface area contributed by atoms with Crippen LogP contribution in [0.1, 0.15) is 0 Å². The Balaban J connectivity index is 3.27. The van der Waals surface area contributed by atoms with E-state index in [1.54, 1.807) is 0 Å². The molecule has 0 unspecified atom stereocenters. The number of hydrogen-bond donors (Lipinski definition) is 3. The first-order valence-electron chi connectivity index (χ1n) is 5.08. The quantitative estimate of drug-likeness (QED) is 0.607. The van der Waals surface area contributed by atoms with Gasteiger partial charge < -0.3 is 20.3 Å². The molecule has 0 fully saturated rings. The van der Waals surface area contributed by atoms with Crippen LogP contribution in [0.25, 0.3) is 0 Å². The van der Waals surface area contributed by atoms with Gasteiger partial charge in [-0.2, -0.15) is 0 Å². The number of nitrogens with two attached hydrogens (primary N) is 1. The van der Waals surface area contributed by atoms with Gasteiger partial charge in [0.1, 0.15) is 16.4 Å². The van der Waals surface area contributed by atoms with Gasteiger partial charge in [-0.1, -0.05) is 0 Å². The molecule has 0 radical (unpaired) electrons. The van der Waals surface area contributed by atoms with Crippen molar-refractivity contribution in [1.82, 2.24) is 4.72 Å². The Labute approximate surface area is 106 Å². The average molecular weight is 276 g/mol. The average Bonchev–Trinajstić information content (AvgIpc) is 2.36. The van der Waals surface area contributed by atoms with Crippen molar-refractivity contribution in [2.75, 3.05) is 33.1 Å². The Morgan fingerprint density at radius 2 is 1.89 bits per heavy atom. The summed E-state index contributed by atoms with van der Waals surface area (Å²) in [6.07, 6.45) is 0. The van der Waals surface area contributed by atoms with Gasteiger partial charge in [0.15, 0.2) is 0 Å². The Morgan fingerprint density at radius 1 is 1.28 bits per heavy atom. The Morgan fingerprint density at radius 3 is 2.39 bits per heavy atom. The SMILES string of the molecule is COc1cc(OC)c(S(=O)(=O)NCCO)cc1N. The minimum Gasteiger partial charge on any atom is -0.495 e. The van der Waals surface area contributed by atoms with Crippen molar-refractivity contribution in [3.63, 3.8) is 0 Å². The molecule has 0 heterocycles. The normalized spacial score (nSPS) is 11.3. The molecule has 1 aromatic carbocycles. The summed E-state index contributed by atoms with van der Waals surface area (Å²) in [6.45, 7) is -0.384. The first kappa shape index (κ1) is 14.6. The van der Waals surface area contributed by atoms with Crippen molar-refractivity contribution in [2.24, 2.45) is 0 Å². The molecule has 4 N–H and O–H groups in total. The van der Waals surface area contributed by atoms with Crippen LogP contribution in [0.4, 0.5) is 5.69 Å². The molecule has 0 atom stereocenters. The number of anilines is 1. The van der Waals surface area contributed by atoms with Gasteiger partial charge in [-0.05, 0) is 6.07 Å². The molecule has 0 amide bonds. The summed E-state index contributed by atoms with van der Waals surface area (Å²) in [7, 11) is -1.02. The number of rotatable bonds is 6. The lowest BCUT2D eigenvalue weighted by Gasteiger charge is -2.13. The zero-order valence-electron chi connectivity index (χ0n) is 10.1. The summed E-state index contributed by atoms with van der Waals surface area (Å²) in [6, 6.07) is 2.64. The zero-order chi connectivity index (χ0) is 13.8. The van der Waals surface area contributed by atoms with Crippen LogP contribution in [0.3, 0.4) is 0 Å². The summed E-state index contributed by atoms with van der Waals surface area (Å²) in [5, 5.41) is 8.64. The van der Waals surface area contributed by atoms with Crippen LogP contribution in [0.15, 0.2) is 17.0 Å². The zero-order valence-corrected chi connectivity index (χ0v) is 11.0. The molecule has 8 heteroatoms. The molecule has 0 aliphatic carbocycles. The lowest BCUT2D eigenvalue weighted by molar-refractivity contribution is 0.301. The van der Waals surface area contributed by atoms with Crippen molar-refractivity contribution in [3.8, 4) is 11.5 Å². The van der Waals surface area contributed by atoms with Crippen LogP contribution < -0.4 is 19.9 Å². The molecule has 0 bridgehead atoms. The van der Waals surface area contributed by atoms with Gasteiger partial charge in [-0.15, -0.1) is 0 Å². The lowest BCUT2D eigenvalue weighted by atomic mass is 10.3. The van der Waals surface area contributed by atoms with Gasteiger partial charge in [0.05, 0.1) is 26.5 Å². The molecule has 18 heavy (non-hydrogen) atoms. The predicted octanol–water partition coefficient (Wildman–Crippen LogP) is -0.443. The first-order chi connectivity index (χ1) is 8.46. The van der Waals surface area contributed by atoms with E-state index in [4.69, 9.17) is 20.3 Å². The molecule has 102 valence electrons. The highest BCUT2D eigenvalue weighted by Gasteiger charge is 2.21. The van der Waals surface area contributed by atoms with Crippen LogP contribution in [-0.2, 0) is 10.0 Å². The second kappa shape index (κ2) is 5.89. The highest BCUT2D eigenvalue weighted by molar-refractivity contribution is 7.89. The fourth-order valence-corrected chi connectivity index (χ4v) is 2.57. The molecular formula is C10H16N2O5S. The lowest BCUT2D eigenvalue weighted by Crippen LogP contribution is -2.27. The van der Waals surface area contributed by atoms with Crippen molar-refractivity contribution < 1.29 is 23.0 Å². The number of benzene rings is 1. The van der Waals surface area contributed by atoms with Gasteiger partial charge in [0.25, 0.3) is 0 Å². The molecule has 0 aromatic heterocycles. The van der Waals surface area contributed by atoms with Gasteiger partial charge in [-0.25, -0.2) is 13.1 Å². The Hall–Kier alpha value is -1.51. The van der Waals surface area contributed by atoms with Crippen LogP contribution in [-0.4, -0.2) is 40.9 Å². The van der Waals surface area contributed by atoms with Gasteiger partial charge in [-0.3, -0.25) is 0 Å². The molecule has 0 saturated heterocycles. The number of nitrogen functional groups attached to an aromatic ring is 1. The fourth-order valence-electron chi connectivity index (χ4n) is 1.36. The third-order valence-electron chi connectivity index (χ3n) is 2.21. The van der Waals surface area contributed by atoms with Crippen molar-refractivity contribution in [2.45, 2.75) is 4.90 Å². The summed E-state index contributed by atoms with van der Waals surface area (Å²) in [5.41, 5.74) is 5.84. The maximum atomic E-state index is 11.9. The molecule has 1 aromatic rings. The van der Waals surface area contributed by atoms with E-state index >= 15 is 0 Å². The van der Waals surface area contributed by atoms with Crippen molar-refractivity contribution >= 4 is 15.7 Å². The Bertz CT molecular complexity index is 515. The number of methoxy groups -OCH3 is 2. The monoisotopic (exact) mass is 276 g/mol. The van der Waals surface area contributed by atoms with Crippen LogP contribution in [0.2, 0.25) is 0 Å². The highest BCUT2D eigenvalue weighted by atomic mass is 32.2. The minimum absolute atomic E-state index is 0.0859. The molecule has 0 aliphatic heterocycles. The van der Waals surface area contributed by atoms with E-state index in [9.17, 15) is 8.42 Å². The number of aliphatic hydroxyl groups excluding tert-OH is 1. The number of nitrogens with one attached hydrogen (secondary N) is 1. The van der Waals surface area contributed by atoms with Crippen molar-refractivity contribution in [3.05, 3.63) is 12.1 Å². The molecule has 0 aliphatic rings. The number of aliphatic hydroxyl groups is 1. The van der Waals surface area contributed by atoms with E-state index in [1.165, 1.54) is 26.4 Å². The summed E-state index contributed by atoms with van der Waals surface area (Å²) >= 11 is 0. The van der Waals surface area contributed by atoms with Crippen LogP contribution in [0, 0.1) is 0 Å². The summed E-state index contributed by atoms with van der Waals surface area (Å²) in [5.74, 6) is 0.444. The van der Waals surface area contributed by atoms with Crippen molar-refractivity contribution in [1.29, 1.82) is 0 Å². The van der Waals surface area contributed by atoms with Crippen LogP contribution >= 0.6 is 0 Å². The van der Waals surface area contributed by atoms with Gasteiger partial charge in [0, 0.05) is 12.6 Å². The smallest absolute Gasteiger partial charge is 0.244 e. The summed E-state index contributed by atoms with van der Waals surface area (Å²) in [4.78, 5) is -0.100. The van der Waals surface area contributed by atoms with Gasteiger partial charge >= 0.3 is 0 Å². The molecule has 0 spiro atoms. The predicted molar refractivity (Wildman–Crippen MR) is 66.2 cm³/mol. The third kappa shape index (κ3) is 3.03. The van der Waals surface area contributed by atoms with E-state index < -0.39 is 10.0 Å². The maximum Gasteiger partial charge on any atom is 0.244 e. The molecule has 1 rings (SSSR count). The second-order valence-electron chi connectivity index (χ2n) is 3.37. The van der Waals surface area contributed by atoms with E-state index in [0.29, 0.717) is 5.75 Å². The maximum absolute atomic E-state index is 11.9. The topological polar surface area (TPSA) is 111 Å². The number of ether oxygens (including phenoxy) is 2. The largest absolute Gasteiger partial charge is 0.495 e. The van der Waals surface area contributed by atoms with E-state index in [-0.39, 0.29) is 29.5 Å². The molecular weight excluding hydrogens is 260 g/mol. The number of sulfonamides is 1. The van der Waals surface area contributed by atoms with E-state index in [2.05, 4.69) is 4.72 Å². The Kier molecular flexibility index (Phi) is 4.76. The van der Waals surface area contributed by atoms with E-state index in [0.717, 1.165) is 0 Å². The van der Waals surface area contributed by atoms with Crippen LogP contribution in [0.5, 0.6) is 11.5 Å². The number of hydrogen-bond acceptors (Lipinski definition) is 6. The standard InChI is InChI=1S/C10H16N2O5S/c1-16-8-6-9(17-2)10(5-7(8)11)18(14,15)12-3-4-13/h5-6,12-13H,3-4,11H2,1-2H3. The van der Waals surface area contributed by atoms with E-state index in [1.807, 2.05) is 0 Å².